The lowest BCUT2D eigenvalue weighted by molar-refractivity contribution is 0.378. The highest BCUT2D eigenvalue weighted by Gasteiger charge is 2.22. The zero-order chi connectivity index (χ0) is 12.1. The quantitative estimate of drug-likeness (QED) is 0.242. The molecule has 0 aromatic heterocycles. The molecule has 0 radical (unpaired) electrons. The van der Waals surface area contributed by atoms with E-state index in [1.165, 1.54) is 0 Å². The highest BCUT2D eigenvalue weighted by molar-refractivity contribution is 14.1. The van der Waals surface area contributed by atoms with Crippen molar-refractivity contribution in [1.82, 2.24) is 4.90 Å². The van der Waals surface area contributed by atoms with Crippen LogP contribution in [0.1, 0.15) is 20.3 Å². The van der Waals surface area contributed by atoms with E-state index < -0.39 is 16.5 Å². The van der Waals surface area contributed by atoms with Crippen molar-refractivity contribution in [2.24, 2.45) is 10.4 Å². The minimum absolute atomic E-state index is 0.00501. The summed E-state index contributed by atoms with van der Waals surface area (Å²) >= 11 is 0.120. The van der Waals surface area contributed by atoms with Crippen molar-refractivity contribution in [1.29, 1.82) is 0 Å². The van der Waals surface area contributed by atoms with Gasteiger partial charge in [0, 0.05) is 18.5 Å². The third-order valence-corrected chi connectivity index (χ3v) is 4.57. The van der Waals surface area contributed by atoms with Crippen LogP contribution >= 0.6 is 22.6 Å². The summed E-state index contributed by atoms with van der Waals surface area (Å²) in [6.07, 6.45) is 2.10. The summed E-state index contributed by atoms with van der Waals surface area (Å²) in [5.74, 6) is 0. The Morgan fingerprint density at radius 2 is 2.13 bits per heavy atom. The normalized spacial score (nSPS) is 16.7. The van der Waals surface area contributed by atoms with Gasteiger partial charge in [0.05, 0.1) is 6.34 Å². The van der Waals surface area contributed by atoms with Crippen LogP contribution in [0.4, 0.5) is 0 Å². The lowest BCUT2D eigenvalue weighted by Gasteiger charge is -2.27. The van der Waals surface area contributed by atoms with Crippen LogP contribution in [0.15, 0.2) is 4.99 Å². The number of hydrogen-bond donors (Lipinski definition) is 0. The number of aliphatic imine (C=N–C) groups is 1. The van der Waals surface area contributed by atoms with Crippen LogP contribution in [0, 0.1) is 5.41 Å². The summed E-state index contributed by atoms with van der Waals surface area (Å²) in [7, 11) is 3.63. The van der Waals surface area contributed by atoms with E-state index in [-0.39, 0.29) is 5.41 Å². The van der Waals surface area contributed by atoms with E-state index in [9.17, 15) is 8.76 Å². The van der Waals surface area contributed by atoms with Crippen molar-refractivity contribution in [3.63, 3.8) is 0 Å². The third-order valence-electron chi connectivity index (χ3n) is 1.77. The lowest BCUT2D eigenvalue weighted by atomic mass is 9.92. The van der Waals surface area contributed by atoms with Gasteiger partial charge in [-0.15, -0.1) is 0 Å². The summed E-state index contributed by atoms with van der Waals surface area (Å²) in [6, 6.07) is 0. The minimum Gasteiger partial charge on any atom is -0.771 e. The van der Waals surface area contributed by atoms with E-state index in [1.807, 2.05) is 27.9 Å². The number of alkyl halides is 1. The zero-order valence-electron chi connectivity index (χ0n) is 9.57. The van der Waals surface area contributed by atoms with Gasteiger partial charge in [0.2, 0.25) is 0 Å². The van der Waals surface area contributed by atoms with Gasteiger partial charge < -0.3 is 9.45 Å². The fraction of sp³-hybridized carbons (Fsp3) is 0.889. The average Bonchev–Trinajstić information content (AvgIpc) is 2.11. The highest BCUT2D eigenvalue weighted by Crippen LogP contribution is 2.27. The molecule has 0 spiro atoms. The van der Waals surface area contributed by atoms with Gasteiger partial charge >= 0.3 is 0 Å². The van der Waals surface area contributed by atoms with Crippen LogP contribution in [-0.4, -0.2) is 43.9 Å². The second-order valence-corrected chi connectivity index (χ2v) is 6.27. The van der Waals surface area contributed by atoms with Crippen LogP contribution in [0.25, 0.3) is 0 Å². The Balaban J connectivity index is 4.49. The largest absolute Gasteiger partial charge is 0.771 e. The average molecular weight is 345 g/mol. The van der Waals surface area contributed by atoms with Gasteiger partial charge in [0.1, 0.15) is 5.37 Å². The first-order chi connectivity index (χ1) is 6.78. The monoisotopic (exact) mass is 345 g/mol. The van der Waals surface area contributed by atoms with Crippen LogP contribution in [0.5, 0.6) is 0 Å². The molecule has 0 aliphatic rings. The lowest BCUT2D eigenvalue weighted by Crippen LogP contribution is -2.25. The Bertz CT molecular complexity index is 244. The van der Waals surface area contributed by atoms with Crippen molar-refractivity contribution in [2.45, 2.75) is 25.6 Å². The standard InChI is InChI=1S/C9H19IN2O2S/c1-9(2,6-10)5-8(15(13)14)11-7-12(3)4/h7-8H,5-6H2,1-4H3,(H,13,14)/p-1. The molecule has 0 fully saturated rings. The number of rotatable bonds is 6. The summed E-state index contributed by atoms with van der Waals surface area (Å²) < 4.78 is 22.9. The van der Waals surface area contributed by atoms with E-state index in [0.29, 0.717) is 6.42 Å². The Morgan fingerprint density at radius 1 is 1.60 bits per heavy atom. The van der Waals surface area contributed by atoms with Crippen LogP contribution < -0.4 is 0 Å². The summed E-state index contributed by atoms with van der Waals surface area (Å²) in [5, 5.41) is -0.642. The maximum Gasteiger partial charge on any atom is 0.114 e. The van der Waals surface area contributed by atoms with Crippen LogP contribution in [0.3, 0.4) is 0 Å². The Morgan fingerprint density at radius 3 is 2.47 bits per heavy atom. The van der Waals surface area contributed by atoms with Gasteiger partial charge in [-0.1, -0.05) is 36.4 Å². The van der Waals surface area contributed by atoms with Crippen molar-refractivity contribution in [3.05, 3.63) is 0 Å². The van der Waals surface area contributed by atoms with Crippen LogP contribution in [-0.2, 0) is 11.1 Å². The van der Waals surface area contributed by atoms with Gasteiger partial charge in [-0.2, -0.15) is 0 Å². The zero-order valence-corrected chi connectivity index (χ0v) is 12.5. The SMILES string of the molecule is CN(C)C=NC(CC(C)(C)CI)S(=O)[O-]. The Labute approximate surface area is 108 Å². The maximum atomic E-state index is 11.0. The molecule has 2 atom stereocenters. The molecule has 4 nitrogen and oxygen atoms in total. The van der Waals surface area contributed by atoms with Gasteiger partial charge in [0.15, 0.2) is 0 Å². The maximum absolute atomic E-state index is 11.0. The molecule has 0 saturated carbocycles. The van der Waals surface area contributed by atoms with Crippen molar-refractivity contribution >= 4 is 40.0 Å². The molecule has 0 rings (SSSR count). The molecule has 0 aliphatic carbocycles. The molecule has 0 aliphatic heterocycles. The highest BCUT2D eigenvalue weighted by atomic mass is 127. The molecule has 0 bridgehead atoms. The summed E-state index contributed by atoms with van der Waals surface area (Å²) in [4.78, 5) is 5.77. The molecule has 0 saturated heterocycles. The molecule has 0 amide bonds. The van der Waals surface area contributed by atoms with E-state index >= 15 is 0 Å². The molecule has 2 unspecified atom stereocenters. The molecular weight excluding hydrogens is 327 g/mol. The molecule has 0 heterocycles. The van der Waals surface area contributed by atoms with Crippen molar-refractivity contribution in [3.8, 4) is 0 Å². The van der Waals surface area contributed by atoms with Gasteiger partial charge in [-0.3, -0.25) is 9.20 Å². The van der Waals surface area contributed by atoms with Gasteiger partial charge in [-0.05, 0) is 22.9 Å². The molecule has 6 heteroatoms. The molecule has 0 N–H and O–H groups in total. The Kier molecular flexibility index (Phi) is 6.94. The molecule has 0 aromatic rings. The number of nitrogens with zero attached hydrogens (tertiary/aromatic N) is 2. The number of hydrogen-bond acceptors (Lipinski definition) is 3. The van der Waals surface area contributed by atoms with Crippen molar-refractivity contribution in [2.75, 3.05) is 18.5 Å². The molecular formula is C9H18IN2O2S-. The predicted octanol–water partition coefficient (Wildman–Crippen LogP) is 1.63. The predicted molar refractivity (Wildman–Crippen MR) is 72.2 cm³/mol. The molecule has 90 valence electrons. The van der Waals surface area contributed by atoms with E-state index in [4.69, 9.17) is 0 Å². The summed E-state index contributed by atoms with van der Waals surface area (Å²) in [5.41, 5.74) is -0.00501. The summed E-state index contributed by atoms with van der Waals surface area (Å²) in [6.45, 7) is 4.09. The first-order valence-electron chi connectivity index (χ1n) is 4.62. The first-order valence-corrected chi connectivity index (χ1v) is 7.28. The topological polar surface area (TPSA) is 55.7 Å². The van der Waals surface area contributed by atoms with Crippen molar-refractivity contribution < 1.29 is 8.76 Å². The number of halogens is 1. The fourth-order valence-corrected chi connectivity index (χ4v) is 1.96. The second-order valence-electron chi connectivity index (χ2n) is 4.45. The fourth-order valence-electron chi connectivity index (χ4n) is 0.905. The van der Waals surface area contributed by atoms with Crippen LogP contribution in [0.2, 0.25) is 0 Å². The Hall–Kier alpha value is 0.310. The van der Waals surface area contributed by atoms with Gasteiger partial charge in [0.25, 0.3) is 0 Å². The smallest absolute Gasteiger partial charge is 0.114 e. The molecule has 15 heavy (non-hydrogen) atoms. The third kappa shape index (κ3) is 7.24. The minimum atomic E-state index is -2.15. The van der Waals surface area contributed by atoms with E-state index in [2.05, 4.69) is 27.6 Å². The first kappa shape index (κ1) is 15.3. The van der Waals surface area contributed by atoms with E-state index in [0.717, 1.165) is 4.43 Å². The second kappa shape index (κ2) is 6.80. The van der Waals surface area contributed by atoms with Gasteiger partial charge in [-0.25, -0.2) is 0 Å². The van der Waals surface area contributed by atoms with E-state index in [1.54, 1.807) is 11.2 Å². The molecule has 0 aromatic carbocycles.